The van der Waals surface area contributed by atoms with Gasteiger partial charge in [0.2, 0.25) is 0 Å². The lowest BCUT2D eigenvalue weighted by Gasteiger charge is -2.18. The van der Waals surface area contributed by atoms with Gasteiger partial charge >= 0.3 is 12.1 Å². The van der Waals surface area contributed by atoms with Crippen LogP contribution in [0.1, 0.15) is 16.7 Å². The van der Waals surface area contributed by atoms with E-state index in [0.29, 0.717) is 16.8 Å². The molecule has 0 bridgehead atoms. The molecule has 0 aliphatic heterocycles. The molecule has 0 fully saturated rings. The molecule has 1 atom stereocenters. The molecule has 0 aliphatic rings. The summed E-state index contributed by atoms with van der Waals surface area (Å²) in [6.07, 6.45) is -0.512. The van der Waals surface area contributed by atoms with E-state index in [1.807, 2.05) is 66.7 Å². The molecule has 1 amide bonds. The first-order chi connectivity index (χ1) is 17.9. The zero-order chi connectivity index (χ0) is 26.2. The third-order valence-corrected chi connectivity index (χ3v) is 5.98. The fourth-order valence-corrected chi connectivity index (χ4v) is 3.95. The summed E-state index contributed by atoms with van der Waals surface area (Å²) in [5.74, 6) is -0.0272. The molecule has 3 aromatic carbocycles. The molecular weight excluding hydrogens is 472 g/mol. The number of rotatable bonds is 9. The smallest absolute Gasteiger partial charge is 0.408 e. The molecule has 0 aliphatic carbocycles. The Morgan fingerprint density at radius 1 is 0.865 bits per heavy atom. The first kappa shape index (κ1) is 25.5. The van der Waals surface area contributed by atoms with E-state index in [1.165, 1.54) is 10.6 Å². The number of pyridine rings is 1. The van der Waals surface area contributed by atoms with Gasteiger partial charge in [-0.3, -0.25) is 4.79 Å². The summed E-state index contributed by atoms with van der Waals surface area (Å²) in [5.41, 5.74) is 2.64. The molecular formula is C29H28N2O6. The Labute approximate surface area is 214 Å². The van der Waals surface area contributed by atoms with Crippen LogP contribution in [0.3, 0.4) is 0 Å². The topological polar surface area (TPSA) is 95.9 Å². The highest BCUT2D eigenvalue weighted by Gasteiger charge is 2.24. The Hall–Kier alpha value is -4.59. The number of benzene rings is 3. The number of nitrogens with zero attached hydrogens (tertiary/aromatic N) is 1. The first-order valence-electron chi connectivity index (χ1n) is 11.8. The van der Waals surface area contributed by atoms with Crippen LogP contribution in [0.15, 0.2) is 89.7 Å². The number of ether oxygens (including phenoxy) is 3. The Balaban J connectivity index is 1.49. The van der Waals surface area contributed by atoms with Crippen LogP contribution in [-0.4, -0.2) is 29.8 Å². The van der Waals surface area contributed by atoms with Crippen molar-refractivity contribution in [1.82, 2.24) is 9.88 Å². The van der Waals surface area contributed by atoms with Crippen molar-refractivity contribution < 1.29 is 23.8 Å². The summed E-state index contributed by atoms with van der Waals surface area (Å²) in [4.78, 5) is 38.2. The zero-order valence-corrected chi connectivity index (χ0v) is 20.7. The third kappa shape index (κ3) is 6.55. The number of hydrogen-bond acceptors (Lipinski definition) is 6. The van der Waals surface area contributed by atoms with Crippen LogP contribution >= 0.6 is 0 Å². The van der Waals surface area contributed by atoms with E-state index in [0.717, 1.165) is 16.5 Å². The number of carbonyl (C=O) groups excluding carboxylic acids is 2. The molecule has 0 saturated carbocycles. The summed E-state index contributed by atoms with van der Waals surface area (Å²) in [5, 5.41) is 3.38. The van der Waals surface area contributed by atoms with Crippen molar-refractivity contribution in [3.63, 3.8) is 0 Å². The number of aryl methyl sites for hydroxylation is 1. The van der Waals surface area contributed by atoms with E-state index in [1.54, 1.807) is 26.3 Å². The second kappa shape index (κ2) is 11.9. The number of nitrogens with one attached hydrogen (secondary N) is 1. The van der Waals surface area contributed by atoms with Crippen molar-refractivity contribution >= 4 is 23.0 Å². The maximum Gasteiger partial charge on any atom is 0.408 e. The zero-order valence-electron chi connectivity index (χ0n) is 20.7. The molecule has 1 aromatic heterocycles. The summed E-state index contributed by atoms with van der Waals surface area (Å²) in [6.45, 7) is -0.0632. The highest BCUT2D eigenvalue weighted by atomic mass is 16.6. The van der Waals surface area contributed by atoms with Gasteiger partial charge in [-0.15, -0.1) is 0 Å². The maximum absolute atomic E-state index is 13.1. The van der Waals surface area contributed by atoms with Crippen LogP contribution in [0.25, 0.3) is 10.9 Å². The van der Waals surface area contributed by atoms with Crippen LogP contribution in [0, 0.1) is 0 Å². The van der Waals surface area contributed by atoms with Crippen LogP contribution in [0.4, 0.5) is 4.79 Å². The average Bonchev–Trinajstić information content (AvgIpc) is 2.93. The van der Waals surface area contributed by atoms with E-state index in [2.05, 4.69) is 5.32 Å². The molecule has 1 heterocycles. The Morgan fingerprint density at radius 3 is 2.22 bits per heavy atom. The lowest BCUT2D eigenvalue weighted by molar-refractivity contribution is -0.147. The summed E-state index contributed by atoms with van der Waals surface area (Å²) < 4.78 is 17.7. The van der Waals surface area contributed by atoms with Gasteiger partial charge in [-0.25, -0.2) is 9.59 Å². The van der Waals surface area contributed by atoms with Crippen molar-refractivity contribution in [2.45, 2.75) is 25.7 Å². The van der Waals surface area contributed by atoms with Gasteiger partial charge in [-0.2, -0.15) is 0 Å². The van der Waals surface area contributed by atoms with Crippen molar-refractivity contribution in [2.24, 2.45) is 7.05 Å². The molecule has 0 spiro atoms. The predicted octanol–water partition coefficient (Wildman–Crippen LogP) is 4.13. The number of aromatic nitrogens is 1. The average molecular weight is 501 g/mol. The minimum Gasteiger partial charge on any atom is -0.497 e. The predicted molar refractivity (Wildman–Crippen MR) is 139 cm³/mol. The lowest BCUT2D eigenvalue weighted by Crippen LogP contribution is -2.43. The normalized spacial score (nSPS) is 11.5. The van der Waals surface area contributed by atoms with E-state index in [4.69, 9.17) is 14.2 Å². The minimum absolute atomic E-state index is 0.0720. The van der Waals surface area contributed by atoms with Gasteiger partial charge < -0.3 is 24.1 Å². The lowest BCUT2D eigenvalue weighted by atomic mass is 10.1. The molecule has 0 saturated heterocycles. The van der Waals surface area contributed by atoms with Gasteiger partial charge in [0.1, 0.15) is 25.0 Å². The van der Waals surface area contributed by atoms with E-state index >= 15 is 0 Å². The van der Waals surface area contributed by atoms with Crippen molar-refractivity contribution in [2.75, 3.05) is 7.11 Å². The largest absolute Gasteiger partial charge is 0.497 e. The molecule has 8 nitrogen and oxygen atoms in total. The number of methoxy groups -OCH3 is 1. The number of amides is 1. The van der Waals surface area contributed by atoms with E-state index in [9.17, 15) is 14.4 Å². The number of esters is 1. The molecule has 8 heteroatoms. The number of alkyl carbamates (subject to hydrolysis) is 1. The van der Waals surface area contributed by atoms with Crippen LogP contribution in [0.5, 0.6) is 5.75 Å². The molecule has 4 aromatic rings. The number of fused-ring (bicyclic) bond motifs is 1. The van der Waals surface area contributed by atoms with Gasteiger partial charge in [0.15, 0.2) is 0 Å². The second-order valence-corrected chi connectivity index (χ2v) is 8.51. The van der Waals surface area contributed by atoms with Crippen molar-refractivity contribution in [3.8, 4) is 5.75 Å². The standard InChI is InChI=1S/C29H28N2O6/c1-31-26-17-23(35-2)13-14-24(26)22(16-27(31)32)19-36-28(33)25(15-20-9-5-3-6-10-20)30-29(34)37-18-21-11-7-4-8-12-21/h3-14,16-17,25H,15,18-19H2,1-2H3,(H,30,34)/t25-/m0/s1. The fraction of sp³-hybridized carbons (Fsp3) is 0.207. The Bertz CT molecular complexity index is 1430. The second-order valence-electron chi connectivity index (χ2n) is 8.51. The molecule has 1 N–H and O–H groups in total. The summed E-state index contributed by atoms with van der Waals surface area (Å²) in [7, 11) is 3.22. The number of carbonyl (C=O) groups is 2. The highest BCUT2D eigenvalue weighted by molar-refractivity contribution is 5.85. The van der Waals surface area contributed by atoms with Gasteiger partial charge in [0.05, 0.1) is 12.6 Å². The molecule has 0 unspecified atom stereocenters. The first-order valence-corrected chi connectivity index (χ1v) is 11.8. The van der Waals surface area contributed by atoms with Crippen LogP contribution < -0.4 is 15.6 Å². The van der Waals surface area contributed by atoms with Crippen molar-refractivity contribution in [3.05, 3.63) is 112 Å². The van der Waals surface area contributed by atoms with Crippen LogP contribution in [0.2, 0.25) is 0 Å². The van der Waals surface area contributed by atoms with E-state index < -0.39 is 18.1 Å². The molecule has 4 rings (SSSR count). The summed E-state index contributed by atoms with van der Waals surface area (Å²) in [6, 6.07) is 24.4. The molecule has 37 heavy (non-hydrogen) atoms. The van der Waals surface area contributed by atoms with Gasteiger partial charge in [0, 0.05) is 36.6 Å². The van der Waals surface area contributed by atoms with Gasteiger partial charge in [-0.1, -0.05) is 60.7 Å². The Kier molecular flexibility index (Phi) is 8.20. The molecule has 190 valence electrons. The monoisotopic (exact) mass is 500 g/mol. The quantitative estimate of drug-likeness (QED) is 0.347. The SMILES string of the molecule is COc1ccc2c(COC(=O)[C@H](Cc3ccccc3)NC(=O)OCc3ccccc3)cc(=O)n(C)c2c1. The summed E-state index contributed by atoms with van der Waals surface area (Å²) >= 11 is 0. The maximum atomic E-state index is 13.1. The third-order valence-electron chi connectivity index (χ3n) is 5.98. The Morgan fingerprint density at radius 2 is 1.54 bits per heavy atom. The highest BCUT2D eigenvalue weighted by Crippen LogP contribution is 2.23. The molecule has 0 radical (unpaired) electrons. The van der Waals surface area contributed by atoms with Gasteiger partial charge in [-0.05, 0) is 23.3 Å². The number of hydrogen-bond donors (Lipinski definition) is 1. The van der Waals surface area contributed by atoms with Gasteiger partial charge in [0.25, 0.3) is 5.56 Å². The minimum atomic E-state index is -0.983. The fourth-order valence-electron chi connectivity index (χ4n) is 3.95. The van der Waals surface area contributed by atoms with Crippen molar-refractivity contribution in [1.29, 1.82) is 0 Å². The van der Waals surface area contributed by atoms with E-state index in [-0.39, 0.29) is 25.2 Å². The van der Waals surface area contributed by atoms with Crippen LogP contribution in [-0.2, 0) is 41.0 Å².